The Labute approximate surface area is 895 Å². The number of thiazole rings is 2. The zero-order valence-electron chi connectivity index (χ0n) is 87.1. The van der Waals surface area contributed by atoms with Crippen molar-refractivity contribution in [3.63, 3.8) is 0 Å². The third-order valence-electron chi connectivity index (χ3n) is 20.5. The number of ether oxygens (including phenoxy) is 9. The first kappa shape index (κ1) is 135. The van der Waals surface area contributed by atoms with E-state index in [4.69, 9.17) is 47.4 Å². The molecule has 5 aliphatic rings. The molecule has 846 valence electrons. The van der Waals surface area contributed by atoms with Crippen LogP contribution in [0.1, 0.15) is 197 Å². The van der Waals surface area contributed by atoms with Crippen LogP contribution >= 0.6 is 77.1 Å². The van der Waals surface area contributed by atoms with Crippen LogP contribution in [0.2, 0.25) is 0 Å². The first-order chi connectivity index (χ1) is 67.7. The maximum absolute atomic E-state index is 13.1. The molecule has 7 amide bonds. The number of halogens is 16. The third kappa shape index (κ3) is 55.8. The Balaban J connectivity index is 0.000000454. The number of aliphatic hydroxyl groups is 1. The predicted octanol–water partition coefficient (Wildman–Crippen LogP) is 17.6. The van der Waals surface area contributed by atoms with Gasteiger partial charge in [0.15, 0.2) is 10.3 Å². The lowest BCUT2D eigenvalue weighted by molar-refractivity contribution is -0.186. The maximum Gasteiger partial charge on any atom is 0.488 e. The summed E-state index contributed by atoms with van der Waals surface area (Å²) in [7, 11) is 0.927. The van der Waals surface area contributed by atoms with E-state index < -0.39 is 197 Å². The van der Waals surface area contributed by atoms with Gasteiger partial charge in [-0.3, -0.25) is 14.4 Å². The Hall–Kier alpha value is -7.61. The molecule has 9 rings (SSSR count). The number of rotatable bonds is 21. The number of pyridine rings is 1. The molecule has 0 saturated carbocycles. The number of esters is 2. The van der Waals surface area contributed by atoms with Crippen molar-refractivity contribution in [3.8, 4) is 0 Å². The molecule has 3 aromatic heterocycles. The Kier molecular flexibility index (Phi) is 54.3. The van der Waals surface area contributed by atoms with Gasteiger partial charge in [0, 0.05) is 48.3 Å². The molecule has 1 unspecified atom stereocenters. The smallest absolute Gasteiger partial charge is 0.467 e. The summed E-state index contributed by atoms with van der Waals surface area (Å²) in [6.07, 6.45) is -16.6. The molecule has 148 heavy (non-hydrogen) atoms. The van der Waals surface area contributed by atoms with Gasteiger partial charge < -0.3 is 98.7 Å². The van der Waals surface area contributed by atoms with E-state index in [0.717, 1.165) is 13.5 Å². The molecular weight excluding hydrogens is 2300 g/mol. The van der Waals surface area contributed by atoms with Crippen LogP contribution in [-0.2, 0) is 67.7 Å². The van der Waals surface area contributed by atoms with Gasteiger partial charge in [0.1, 0.15) is 51.3 Å². The van der Waals surface area contributed by atoms with Crippen molar-refractivity contribution in [2.75, 3.05) is 127 Å². The fourth-order valence-electron chi connectivity index (χ4n) is 13.9. The molecule has 37 nitrogen and oxygen atoms in total. The first-order valence-corrected chi connectivity index (χ1v) is 52.6. The molecule has 1 aromatic carbocycles. The van der Waals surface area contributed by atoms with E-state index in [1.165, 1.54) is 60.1 Å². The number of hydrogen-bond donors (Lipinski definition) is 8. The summed E-state index contributed by atoms with van der Waals surface area (Å²) in [5, 5.41) is 42.0. The standard InChI is InChI=1S/C22H34BrF3N4O4S.C15H25F3N2O4.C14H23F3N2O4S.C14H25F3N2O3.C9H7BFNO2.C9H16INO4.C8H11BrN2O2S/c1-20(2,3)33-18(31)28-15(12-29-9-7-14(8-10-29)22(24,25)26)13-30(17-27-11-16(23)35-17)19(32)34-21(4,5)6;1-14(2,3)24-13(22)19-11(12(21)23-4)9-20-7-5-10(6-8-20)15(16,17)18;1-13(2,3)23-12(20)19-11(9-22-24(19)21)8-18-6-4-10(5-7-18)14(15,16)17;1-13(2,3)22-12(21)18-11(9-20)8-19-6-4-10(5-7-19)14(15,16)17;11-9-4-7-3-8(10(13)14)2-1-6(7)5-12-9;1-9(2,3)15-8(13)11-6(5-10)7(12)14-4;1-8(2,3)13-7(12)11-6-10-4-5(9)14-6/h11,14-15H,7-10,12-13H2,1-6H3,(H,28,31);10-11H,5-9H2,1-4H3,(H,19,22);10-11H,4-9H2,1-3H3;10-11,20H,4-9H2,1-3H3,(H,18,21);1-5,13-14H;6H,5H2,1-4H3,(H,11,13);4H,1-3H3,(H,10,11,12)/t15-;11-;11-,24?;11-;;6-;/m0000.0./s1. The van der Waals surface area contributed by atoms with Crippen LogP contribution in [-0.4, -0.2) is 331 Å². The van der Waals surface area contributed by atoms with Gasteiger partial charge in [0.05, 0.1) is 95.7 Å². The van der Waals surface area contributed by atoms with E-state index >= 15 is 0 Å². The first-order valence-electron chi connectivity index (χ1n) is 46.8. The van der Waals surface area contributed by atoms with Crippen molar-refractivity contribution >= 4 is 177 Å². The molecule has 0 radical (unpaired) electrons. The Morgan fingerprint density at radius 1 is 0.486 bits per heavy atom. The normalized spacial score (nSPS) is 17.8. The highest BCUT2D eigenvalue weighted by atomic mass is 127. The molecule has 0 spiro atoms. The van der Waals surface area contributed by atoms with E-state index in [0.29, 0.717) is 55.5 Å². The second kappa shape index (κ2) is 59.7. The Morgan fingerprint density at radius 3 is 1.22 bits per heavy atom. The molecule has 5 saturated heterocycles. The summed E-state index contributed by atoms with van der Waals surface area (Å²) in [5.41, 5.74) is -4.34. The minimum absolute atomic E-state index is 0.00664. The van der Waals surface area contributed by atoms with Gasteiger partial charge in [-0.2, -0.15) is 61.4 Å². The van der Waals surface area contributed by atoms with Crippen molar-refractivity contribution in [3.05, 3.63) is 56.4 Å². The lowest BCUT2D eigenvalue weighted by atomic mass is 9.79. The fraction of sp³-hybridized carbons (Fsp3) is 0.736. The van der Waals surface area contributed by atoms with Crippen LogP contribution in [0, 0.1) is 29.6 Å². The second-order valence-corrected chi connectivity index (χ2v) is 48.3. The van der Waals surface area contributed by atoms with Crippen molar-refractivity contribution < 1.29 is 166 Å². The summed E-state index contributed by atoms with van der Waals surface area (Å²) >= 11 is 9.20. The summed E-state index contributed by atoms with van der Waals surface area (Å²) < 4.78 is 231. The van der Waals surface area contributed by atoms with Crippen LogP contribution in [0.15, 0.2) is 50.4 Å². The number of alkyl carbamates (subject to hydrolysis) is 4. The van der Waals surface area contributed by atoms with Crippen molar-refractivity contribution in [2.24, 2.45) is 23.7 Å². The number of carbonyl (C=O) groups is 9. The number of methoxy groups -OCH3 is 2. The molecule has 6 atom stereocenters. The summed E-state index contributed by atoms with van der Waals surface area (Å²) in [5.74, 6) is -6.90. The van der Waals surface area contributed by atoms with E-state index in [-0.39, 0.29) is 123 Å². The van der Waals surface area contributed by atoms with Crippen LogP contribution in [0.5, 0.6) is 0 Å². The molecule has 4 aromatic rings. The summed E-state index contributed by atoms with van der Waals surface area (Å²) in [6.45, 7) is 39.1. The van der Waals surface area contributed by atoms with E-state index in [1.54, 1.807) is 154 Å². The highest BCUT2D eigenvalue weighted by molar-refractivity contribution is 14.1. The van der Waals surface area contributed by atoms with Gasteiger partial charge in [-0.15, -0.1) is 0 Å². The van der Waals surface area contributed by atoms with Crippen molar-refractivity contribution in [1.29, 1.82) is 0 Å². The molecule has 0 aliphatic carbocycles. The van der Waals surface area contributed by atoms with Gasteiger partial charge in [-0.25, -0.2) is 62.3 Å². The molecule has 0 bridgehead atoms. The van der Waals surface area contributed by atoms with Gasteiger partial charge in [0.2, 0.25) is 5.95 Å². The van der Waals surface area contributed by atoms with Gasteiger partial charge in [0.25, 0.3) is 11.3 Å². The number of amides is 7. The number of aromatic nitrogens is 3. The minimum atomic E-state index is -4.22. The van der Waals surface area contributed by atoms with Crippen LogP contribution < -0.4 is 36.9 Å². The monoisotopic (exact) mass is 2440 g/mol. The molecule has 8 N–H and O–H groups in total. The largest absolute Gasteiger partial charge is 0.488 e. The number of likely N-dealkylation sites (tertiary alicyclic amines) is 4. The fourth-order valence-corrected chi connectivity index (χ4v) is 17.7. The number of benzene rings is 1. The number of nitrogens with one attached hydrogen (secondary N) is 5. The lowest BCUT2D eigenvalue weighted by Gasteiger charge is -2.36. The number of fused-ring (bicyclic) bond motifs is 1. The highest BCUT2D eigenvalue weighted by Gasteiger charge is 2.48. The molecular formula is C91H141BBr2F13IN14O23S3. The third-order valence-corrected chi connectivity index (χ3v) is 25.4. The van der Waals surface area contributed by atoms with Crippen molar-refractivity contribution in [1.82, 2.24) is 60.1 Å². The molecule has 5 fully saturated rings. The number of nitrogens with zero attached hydrogens (tertiary/aromatic N) is 9. The predicted molar refractivity (Wildman–Crippen MR) is 544 cm³/mol. The van der Waals surface area contributed by atoms with Gasteiger partial charge in [-0.05, 0) is 292 Å². The number of anilines is 2. The van der Waals surface area contributed by atoms with Crippen LogP contribution in [0.4, 0.5) is 101 Å². The maximum atomic E-state index is 13.1. The van der Waals surface area contributed by atoms with Crippen LogP contribution in [0.25, 0.3) is 10.8 Å². The molecule has 8 heterocycles. The number of carbonyl (C=O) groups excluding carboxylic acids is 9. The quantitative estimate of drug-likeness (QED) is 0.00730. The number of hydrogen-bond acceptors (Lipinski definition) is 32. The summed E-state index contributed by atoms with van der Waals surface area (Å²) in [6, 6.07) is 2.63. The zero-order chi connectivity index (χ0) is 113. The van der Waals surface area contributed by atoms with E-state index in [9.17, 15) is 110 Å². The Morgan fingerprint density at radius 2 is 0.851 bits per heavy atom. The van der Waals surface area contributed by atoms with E-state index in [2.05, 4.69) is 82.9 Å². The van der Waals surface area contributed by atoms with E-state index in [1.807, 2.05) is 58.1 Å². The Bertz CT molecular complexity index is 4820. The number of alkyl halides is 13. The molecule has 57 heteroatoms. The van der Waals surface area contributed by atoms with Gasteiger partial charge >= 0.3 is 86.4 Å². The number of piperidine rings is 4. The molecule has 5 aliphatic heterocycles. The topological polar surface area (TPSA) is 442 Å². The average Bonchev–Trinajstić information content (AvgIpc) is 1.64. The van der Waals surface area contributed by atoms with Crippen molar-refractivity contribution in [2.45, 2.75) is 291 Å². The SMILES string of the molecule is CC(C)(C)OC(=O)N1[C@@H](CN2CCC(C(F)(F)F)CC2)COS1=O.CC(C)(C)OC(=O)N[C@@H](CN1CCC(C(F)(F)F)CC1)CN(C(=O)OC(C)(C)C)c1ncc(Br)s1.CC(C)(C)OC(=O)N[C@H](CO)CN1CCC(C(F)(F)F)CC1.CC(C)(C)OC(=O)Nc1ncc(Br)s1.COC(=O)[C@H](CI)NC(=O)OC(C)(C)C.COC(=O)[C@H](CN1CCC(C(F)(F)F)CC1)NC(=O)OC(C)(C)C.OB(O)c1ccc2cnc(F)cc2c1. The highest BCUT2D eigenvalue weighted by Crippen LogP contribution is 2.40. The average molecular weight is 2440 g/mol. The second-order valence-electron chi connectivity index (χ2n) is 41.5. The summed E-state index contributed by atoms with van der Waals surface area (Å²) in [4.78, 5) is 127. The zero-order valence-corrected chi connectivity index (χ0v) is 94.9. The number of aliphatic hydroxyl groups excluding tert-OH is 1. The lowest BCUT2D eigenvalue weighted by Crippen LogP contribution is -2.54. The van der Waals surface area contributed by atoms with Gasteiger partial charge in [-0.1, -0.05) is 63.5 Å². The minimum Gasteiger partial charge on any atom is -0.467 e. The van der Waals surface area contributed by atoms with Crippen LogP contribution in [0.3, 0.4) is 0 Å².